The van der Waals surface area contributed by atoms with E-state index < -0.39 is 0 Å². The Morgan fingerprint density at radius 3 is 2.88 bits per heavy atom. The lowest BCUT2D eigenvalue weighted by Crippen LogP contribution is -2.41. The molecule has 5 nitrogen and oxygen atoms in total. The predicted octanol–water partition coefficient (Wildman–Crippen LogP) is 2.66. The van der Waals surface area contributed by atoms with Crippen molar-refractivity contribution >= 4 is 16.8 Å². The number of piperidine rings is 1. The molecule has 0 N–H and O–H groups in total. The molecule has 1 saturated heterocycles. The third kappa shape index (κ3) is 3.30. The molecule has 0 saturated carbocycles. The van der Waals surface area contributed by atoms with Crippen LogP contribution < -0.4 is 10.3 Å². The van der Waals surface area contributed by atoms with Gasteiger partial charge in [0, 0.05) is 31.1 Å². The van der Waals surface area contributed by atoms with Crippen LogP contribution in [0, 0.1) is 5.92 Å². The number of fused-ring (bicyclic) bond motifs is 1. The third-order valence-electron chi connectivity index (χ3n) is 4.66. The number of benzene rings is 1. The molecule has 0 bridgehead atoms. The standard InChI is InChI=1S/C19H24N2O3/c1-3-21-16-9-5-4-8-15(16)17(11-18(21)22)24-13-19(23)20-10-6-7-14(2)12-20/h4-5,8-9,11,14H,3,6-7,10,12-13H2,1-2H3. The maximum Gasteiger partial charge on any atom is 0.260 e. The van der Waals surface area contributed by atoms with Gasteiger partial charge in [0.1, 0.15) is 5.75 Å². The zero-order valence-corrected chi connectivity index (χ0v) is 14.3. The van der Waals surface area contributed by atoms with Gasteiger partial charge in [-0.15, -0.1) is 0 Å². The highest BCUT2D eigenvalue weighted by Gasteiger charge is 2.21. The highest BCUT2D eigenvalue weighted by molar-refractivity contribution is 5.86. The Morgan fingerprint density at radius 2 is 2.12 bits per heavy atom. The van der Waals surface area contributed by atoms with E-state index in [0.29, 0.717) is 18.2 Å². The van der Waals surface area contributed by atoms with E-state index >= 15 is 0 Å². The van der Waals surface area contributed by atoms with Gasteiger partial charge in [0.15, 0.2) is 6.61 Å². The SMILES string of the molecule is CCn1c(=O)cc(OCC(=O)N2CCCC(C)C2)c2ccccc21. The second-order valence-corrected chi connectivity index (χ2v) is 6.48. The summed E-state index contributed by atoms with van der Waals surface area (Å²) in [6.45, 7) is 6.27. The molecule has 2 aromatic rings. The summed E-state index contributed by atoms with van der Waals surface area (Å²) in [6.07, 6.45) is 2.22. The minimum Gasteiger partial charge on any atom is -0.483 e. The van der Waals surface area contributed by atoms with Gasteiger partial charge >= 0.3 is 0 Å². The van der Waals surface area contributed by atoms with E-state index in [1.807, 2.05) is 36.1 Å². The lowest BCUT2D eigenvalue weighted by Gasteiger charge is -2.30. The van der Waals surface area contributed by atoms with Crippen molar-refractivity contribution in [2.45, 2.75) is 33.2 Å². The van der Waals surface area contributed by atoms with Crippen LogP contribution in [0.3, 0.4) is 0 Å². The Hall–Kier alpha value is -2.30. The van der Waals surface area contributed by atoms with E-state index in [1.165, 1.54) is 12.5 Å². The molecule has 1 amide bonds. The van der Waals surface area contributed by atoms with Gasteiger partial charge in [-0.05, 0) is 37.8 Å². The fraction of sp³-hybridized carbons (Fsp3) is 0.474. The van der Waals surface area contributed by atoms with Crippen LogP contribution in [0.1, 0.15) is 26.7 Å². The number of ether oxygens (including phenoxy) is 1. The molecule has 5 heteroatoms. The fourth-order valence-electron chi connectivity index (χ4n) is 3.40. The molecule has 2 heterocycles. The van der Waals surface area contributed by atoms with Crippen LogP contribution in [-0.4, -0.2) is 35.1 Å². The van der Waals surface area contributed by atoms with Crippen LogP contribution in [0.5, 0.6) is 5.75 Å². The minimum absolute atomic E-state index is 0.00898. The molecule has 1 aliphatic heterocycles. The Bertz CT molecular complexity index is 797. The number of para-hydroxylation sites is 1. The lowest BCUT2D eigenvalue weighted by molar-refractivity contribution is -0.135. The first kappa shape index (κ1) is 16.6. The zero-order valence-electron chi connectivity index (χ0n) is 14.3. The predicted molar refractivity (Wildman–Crippen MR) is 94.4 cm³/mol. The van der Waals surface area contributed by atoms with E-state index in [0.717, 1.165) is 30.4 Å². The molecule has 3 rings (SSSR count). The number of nitrogens with zero attached hydrogens (tertiary/aromatic N) is 2. The van der Waals surface area contributed by atoms with Crippen molar-refractivity contribution in [1.82, 2.24) is 9.47 Å². The molecule has 0 spiro atoms. The number of hydrogen-bond donors (Lipinski definition) is 0. The highest BCUT2D eigenvalue weighted by atomic mass is 16.5. The summed E-state index contributed by atoms with van der Waals surface area (Å²) in [5, 5.41) is 0.860. The van der Waals surface area contributed by atoms with Crippen LogP contribution in [-0.2, 0) is 11.3 Å². The van der Waals surface area contributed by atoms with E-state index in [-0.39, 0.29) is 18.1 Å². The smallest absolute Gasteiger partial charge is 0.260 e. The number of aromatic nitrogens is 1. The quantitative estimate of drug-likeness (QED) is 0.867. The molecule has 1 unspecified atom stereocenters. The van der Waals surface area contributed by atoms with E-state index in [4.69, 9.17) is 4.74 Å². The van der Waals surface area contributed by atoms with Crippen LogP contribution in [0.15, 0.2) is 35.1 Å². The van der Waals surface area contributed by atoms with Crippen LogP contribution in [0.4, 0.5) is 0 Å². The molecule has 24 heavy (non-hydrogen) atoms. The summed E-state index contributed by atoms with van der Waals surface area (Å²) in [6, 6.07) is 9.12. The Morgan fingerprint density at radius 1 is 1.33 bits per heavy atom. The zero-order chi connectivity index (χ0) is 17.1. The van der Waals surface area contributed by atoms with Crippen molar-refractivity contribution in [3.05, 3.63) is 40.7 Å². The lowest BCUT2D eigenvalue weighted by atomic mass is 10.0. The van der Waals surface area contributed by atoms with Gasteiger partial charge in [-0.25, -0.2) is 0 Å². The third-order valence-corrected chi connectivity index (χ3v) is 4.66. The van der Waals surface area contributed by atoms with Gasteiger partial charge in [-0.2, -0.15) is 0 Å². The first-order chi connectivity index (χ1) is 11.6. The van der Waals surface area contributed by atoms with Crippen molar-refractivity contribution in [3.63, 3.8) is 0 Å². The molecular formula is C19H24N2O3. The number of amides is 1. The summed E-state index contributed by atoms with van der Waals surface area (Å²) < 4.78 is 7.45. The molecule has 1 atom stereocenters. The summed E-state index contributed by atoms with van der Waals surface area (Å²) in [7, 11) is 0. The largest absolute Gasteiger partial charge is 0.483 e. The molecule has 128 valence electrons. The molecule has 1 aromatic carbocycles. The van der Waals surface area contributed by atoms with E-state index in [1.54, 1.807) is 4.57 Å². The number of hydrogen-bond acceptors (Lipinski definition) is 3. The highest BCUT2D eigenvalue weighted by Crippen LogP contribution is 2.24. The van der Waals surface area contributed by atoms with Gasteiger partial charge < -0.3 is 14.2 Å². The summed E-state index contributed by atoms with van der Waals surface area (Å²) in [4.78, 5) is 26.5. The van der Waals surface area contributed by atoms with Crippen LogP contribution >= 0.6 is 0 Å². The van der Waals surface area contributed by atoms with Crippen LogP contribution in [0.2, 0.25) is 0 Å². The van der Waals surface area contributed by atoms with Gasteiger partial charge in [0.25, 0.3) is 11.5 Å². The normalized spacial score (nSPS) is 17.9. The number of rotatable bonds is 4. The Kier molecular flexibility index (Phi) is 4.88. The number of likely N-dealkylation sites (tertiary alicyclic amines) is 1. The topological polar surface area (TPSA) is 51.5 Å². The van der Waals surface area contributed by atoms with Gasteiger partial charge in [0.05, 0.1) is 5.52 Å². The van der Waals surface area contributed by atoms with Crippen LogP contribution in [0.25, 0.3) is 10.9 Å². The first-order valence-corrected chi connectivity index (χ1v) is 8.63. The van der Waals surface area contributed by atoms with Gasteiger partial charge in [-0.3, -0.25) is 9.59 Å². The van der Waals surface area contributed by atoms with E-state index in [2.05, 4.69) is 6.92 Å². The minimum atomic E-state index is -0.106. The van der Waals surface area contributed by atoms with Crippen molar-refractivity contribution < 1.29 is 9.53 Å². The summed E-state index contributed by atoms with van der Waals surface area (Å²) >= 11 is 0. The molecule has 1 fully saturated rings. The first-order valence-electron chi connectivity index (χ1n) is 8.63. The monoisotopic (exact) mass is 328 g/mol. The summed E-state index contributed by atoms with van der Waals surface area (Å²) in [5.41, 5.74) is 0.729. The molecule has 0 aliphatic carbocycles. The van der Waals surface area contributed by atoms with Crippen molar-refractivity contribution in [1.29, 1.82) is 0 Å². The van der Waals surface area contributed by atoms with Crippen molar-refractivity contribution in [2.75, 3.05) is 19.7 Å². The maximum atomic E-state index is 12.4. The number of pyridine rings is 1. The number of carbonyl (C=O) groups is 1. The molecule has 1 aliphatic rings. The van der Waals surface area contributed by atoms with Gasteiger partial charge in [-0.1, -0.05) is 19.1 Å². The fourth-order valence-corrected chi connectivity index (χ4v) is 3.40. The average molecular weight is 328 g/mol. The second kappa shape index (κ2) is 7.07. The van der Waals surface area contributed by atoms with E-state index in [9.17, 15) is 9.59 Å². The summed E-state index contributed by atoms with van der Waals surface area (Å²) in [5.74, 6) is 1.01. The van der Waals surface area contributed by atoms with Gasteiger partial charge in [0.2, 0.25) is 0 Å². The Balaban J connectivity index is 1.80. The molecular weight excluding hydrogens is 304 g/mol. The average Bonchev–Trinajstić information content (AvgIpc) is 2.59. The Labute approximate surface area is 141 Å². The number of aryl methyl sites for hydroxylation is 1. The maximum absolute atomic E-state index is 12.4. The molecule has 1 aromatic heterocycles. The molecule has 0 radical (unpaired) electrons. The van der Waals surface area contributed by atoms with Crippen molar-refractivity contribution in [3.8, 4) is 5.75 Å². The second-order valence-electron chi connectivity index (χ2n) is 6.48. The number of carbonyl (C=O) groups excluding carboxylic acids is 1. The van der Waals surface area contributed by atoms with Crippen molar-refractivity contribution in [2.24, 2.45) is 5.92 Å².